The zero-order valence-corrected chi connectivity index (χ0v) is 19.3. The number of benzene rings is 1. The van der Waals surface area contributed by atoms with E-state index >= 15 is 0 Å². The zero-order chi connectivity index (χ0) is 22.6. The monoisotopic (exact) mass is 459 g/mol. The molecule has 5 rings (SSSR count). The molecule has 0 N–H and O–H groups in total. The second kappa shape index (κ2) is 9.72. The van der Waals surface area contributed by atoms with E-state index in [1.807, 2.05) is 42.3 Å². The number of pyridine rings is 2. The van der Waals surface area contributed by atoms with Crippen LogP contribution in [0.5, 0.6) is 0 Å². The van der Waals surface area contributed by atoms with Crippen molar-refractivity contribution in [1.82, 2.24) is 24.9 Å². The molecular formula is C25H25N5O2S. The maximum Gasteiger partial charge on any atom is 0.256 e. The molecule has 1 aliphatic heterocycles. The normalized spacial score (nSPS) is 14.6. The molecule has 4 heterocycles. The van der Waals surface area contributed by atoms with Gasteiger partial charge in [0, 0.05) is 62.3 Å². The van der Waals surface area contributed by atoms with Crippen molar-refractivity contribution in [3.63, 3.8) is 0 Å². The van der Waals surface area contributed by atoms with Gasteiger partial charge in [0.15, 0.2) is 0 Å². The van der Waals surface area contributed by atoms with Crippen LogP contribution in [0.2, 0.25) is 0 Å². The van der Waals surface area contributed by atoms with E-state index in [0.29, 0.717) is 24.4 Å². The summed E-state index contributed by atoms with van der Waals surface area (Å²) in [4.78, 5) is 26.6. The standard InChI is InChI=1S/C25H25N5O2S/c1-18-15-21(28-32-18)17-33-24-22(8-4-10-27-24)25(31)30-13-11-29(12-14-30)16-20-6-2-5-19-7-3-9-26-23(19)20/h2-10,15H,11-14,16-17H2,1H3. The molecule has 0 unspecified atom stereocenters. The van der Waals surface area contributed by atoms with Crippen LogP contribution >= 0.6 is 11.8 Å². The van der Waals surface area contributed by atoms with Gasteiger partial charge in [-0.1, -0.05) is 41.2 Å². The van der Waals surface area contributed by atoms with Crippen LogP contribution < -0.4 is 0 Å². The number of hydrogen-bond donors (Lipinski definition) is 0. The minimum Gasteiger partial charge on any atom is -0.361 e. The van der Waals surface area contributed by atoms with Crippen LogP contribution in [-0.2, 0) is 12.3 Å². The largest absolute Gasteiger partial charge is 0.361 e. The summed E-state index contributed by atoms with van der Waals surface area (Å²) < 4.78 is 5.13. The summed E-state index contributed by atoms with van der Waals surface area (Å²) in [5.74, 6) is 1.43. The van der Waals surface area contributed by atoms with Gasteiger partial charge in [0.1, 0.15) is 10.8 Å². The highest BCUT2D eigenvalue weighted by atomic mass is 32.2. The third kappa shape index (κ3) is 4.91. The highest BCUT2D eigenvalue weighted by molar-refractivity contribution is 7.98. The van der Waals surface area contributed by atoms with Gasteiger partial charge in [0.2, 0.25) is 0 Å². The third-order valence-electron chi connectivity index (χ3n) is 5.80. The molecule has 0 radical (unpaired) electrons. The molecule has 1 aromatic carbocycles. The number of hydrogen-bond acceptors (Lipinski definition) is 7. The van der Waals surface area contributed by atoms with Crippen LogP contribution in [0.1, 0.15) is 27.4 Å². The van der Waals surface area contributed by atoms with Gasteiger partial charge >= 0.3 is 0 Å². The van der Waals surface area contributed by atoms with Crippen LogP contribution in [0.25, 0.3) is 10.9 Å². The Morgan fingerprint density at radius 3 is 2.64 bits per heavy atom. The maximum absolute atomic E-state index is 13.3. The fourth-order valence-electron chi connectivity index (χ4n) is 4.11. The molecule has 0 bridgehead atoms. The Balaban J connectivity index is 1.22. The van der Waals surface area contributed by atoms with Gasteiger partial charge in [-0.25, -0.2) is 4.98 Å². The van der Waals surface area contributed by atoms with Crippen LogP contribution in [-0.4, -0.2) is 57.0 Å². The van der Waals surface area contributed by atoms with Crippen molar-refractivity contribution < 1.29 is 9.32 Å². The fourth-order valence-corrected chi connectivity index (χ4v) is 4.98. The Morgan fingerprint density at radius 2 is 1.82 bits per heavy atom. The van der Waals surface area contributed by atoms with Gasteiger partial charge in [-0.15, -0.1) is 0 Å². The molecule has 1 fully saturated rings. The SMILES string of the molecule is Cc1cc(CSc2ncccc2C(=O)N2CCN(Cc3cccc4cccnc34)CC2)no1. The first-order valence-corrected chi connectivity index (χ1v) is 12.0. The Bertz CT molecular complexity index is 1260. The summed E-state index contributed by atoms with van der Waals surface area (Å²) in [5, 5.41) is 5.92. The number of para-hydroxylation sites is 1. The molecule has 3 aromatic heterocycles. The van der Waals surface area contributed by atoms with Crippen LogP contribution in [0.3, 0.4) is 0 Å². The molecule has 0 saturated carbocycles. The lowest BCUT2D eigenvalue weighted by Crippen LogP contribution is -2.48. The molecule has 33 heavy (non-hydrogen) atoms. The number of aromatic nitrogens is 3. The average Bonchev–Trinajstić information content (AvgIpc) is 3.28. The number of thioether (sulfide) groups is 1. The third-order valence-corrected chi connectivity index (χ3v) is 6.84. The minimum atomic E-state index is 0.0356. The molecule has 168 valence electrons. The Hall–Kier alpha value is -3.23. The minimum absolute atomic E-state index is 0.0356. The number of nitrogens with zero attached hydrogens (tertiary/aromatic N) is 5. The first-order valence-electron chi connectivity index (χ1n) is 11.0. The van der Waals surface area contributed by atoms with Crippen molar-refractivity contribution in [2.75, 3.05) is 26.2 Å². The van der Waals surface area contributed by atoms with E-state index in [0.717, 1.165) is 47.0 Å². The highest BCUT2D eigenvalue weighted by Gasteiger charge is 2.25. The molecule has 1 amide bonds. The van der Waals surface area contributed by atoms with Crippen LogP contribution in [0.4, 0.5) is 0 Å². The van der Waals surface area contributed by atoms with E-state index in [1.165, 1.54) is 17.3 Å². The summed E-state index contributed by atoms with van der Waals surface area (Å²) in [6.07, 6.45) is 3.57. The van der Waals surface area contributed by atoms with Crippen molar-refractivity contribution in [2.24, 2.45) is 0 Å². The zero-order valence-electron chi connectivity index (χ0n) is 18.5. The lowest BCUT2D eigenvalue weighted by Gasteiger charge is -2.35. The number of piperazine rings is 1. The number of amides is 1. The van der Waals surface area contributed by atoms with Gasteiger partial charge in [-0.2, -0.15) is 0 Å². The number of fused-ring (bicyclic) bond motifs is 1. The number of aryl methyl sites for hydroxylation is 1. The number of carbonyl (C=O) groups is 1. The topological polar surface area (TPSA) is 75.4 Å². The molecule has 8 heteroatoms. The predicted molar refractivity (Wildman–Crippen MR) is 128 cm³/mol. The summed E-state index contributed by atoms with van der Waals surface area (Å²) in [7, 11) is 0. The van der Waals surface area contributed by atoms with Gasteiger partial charge in [-0.3, -0.25) is 14.7 Å². The molecule has 0 atom stereocenters. The lowest BCUT2D eigenvalue weighted by molar-refractivity contribution is 0.0624. The van der Waals surface area contributed by atoms with Crippen molar-refractivity contribution in [3.05, 3.63) is 83.5 Å². The van der Waals surface area contributed by atoms with E-state index in [2.05, 4.69) is 44.3 Å². The summed E-state index contributed by atoms with van der Waals surface area (Å²) in [6, 6.07) is 16.0. The summed E-state index contributed by atoms with van der Waals surface area (Å²) >= 11 is 1.51. The van der Waals surface area contributed by atoms with Crippen molar-refractivity contribution in [2.45, 2.75) is 24.2 Å². The predicted octanol–water partition coefficient (Wildman–Crippen LogP) is 4.18. The summed E-state index contributed by atoms with van der Waals surface area (Å²) in [5.41, 5.74) is 3.77. The van der Waals surface area contributed by atoms with Gasteiger partial charge in [-0.05, 0) is 30.7 Å². The van der Waals surface area contributed by atoms with Crippen molar-refractivity contribution in [1.29, 1.82) is 0 Å². The first-order chi connectivity index (χ1) is 16.2. The fraction of sp³-hybridized carbons (Fsp3) is 0.280. The van der Waals surface area contributed by atoms with E-state index < -0.39 is 0 Å². The second-order valence-electron chi connectivity index (χ2n) is 8.13. The van der Waals surface area contributed by atoms with Crippen molar-refractivity contribution in [3.8, 4) is 0 Å². The molecule has 0 aliphatic carbocycles. The van der Waals surface area contributed by atoms with Crippen LogP contribution in [0.15, 0.2) is 70.5 Å². The molecule has 7 nitrogen and oxygen atoms in total. The van der Waals surface area contributed by atoms with Gasteiger partial charge in [0.25, 0.3) is 5.91 Å². The van der Waals surface area contributed by atoms with Crippen molar-refractivity contribution >= 4 is 28.6 Å². The number of rotatable bonds is 6. The van der Waals surface area contributed by atoms with Gasteiger partial charge < -0.3 is 9.42 Å². The van der Waals surface area contributed by atoms with E-state index in [1.54, 1.807) is 6.20 Å². The van der Waals surface area contributed by atoms with E-state index in [4.69, 9.17) is 4.52 Å². The van der Waals surface area contributed by atoms with Crippen LogP contribution in [0, 0.1) is 6.92 Å². The Kier molecular flexibility index (Phi) is 6.37. The molecule has 4 aromatic rings. The molecule has 0 spiro atoms. The summed E-state index contributed by atoms with van der Waals surface area (Å²) in [6.45, 7) is 5.75. The molecule has 1 saturated heterocycles. The smallest absolute Gasteiger partial charge is 0.256 e. The quantitative estimate of drug-likeness (QED) is 0.401. The first kappa shape index (κ1) is 21.6. The molecular weight excluding hydrogens is 434 g/mol. The lowest BCUT2D eigenvalue weighted by atomic mass is 10.1. The van der Waals surface area contributed by atoms with E-state index in [-0.39, 0.29) is 5.91 Å². The average molecular weight is 460 g/mol. The second-order valence-corrected chi connectivity index (χ2v) is 9.10. The maximum atomic E-state index is 13.3. The van der Waals surface area contributed by atoms with Gasteiger partial charge in [0.05, 0.1) is 16.8 Å². The number of carbonyl (C=O) groups excluding carboxylic acids is 1. The molecule has 1 aliphatic rings. The highest BCUT2D eigenvalue weighted by Crippen LogP contribution is 2.26. The Labute approximate surface area is 196 Å². The van der Waals surface area contributed by atoms with E-state index in [9.17, 15) is 4.79 Å². The Morgan fingerprint density at radius 1 is 1.03 bits per heavy atom.